The van der Waals surface area contributed by atoms with Crippen LogP contribution in [-0.4, -0.2) is 7.11 Å². The molecule has 1 aliphatic rings. The maximum Gasteiger partial charge on any atom is 0.0712 e. The normalized spacial score (nSPS) is 18.0. The minimum Gasteiger partial charge on any atom is -0.240 e. The molecule has 7 heavy (non-hydrogen) atoms. The molecule has 1 nitrogen and oxygen atoms in total. The van der Waals surface area contributed by atoms with E-state index in [9.17, 15) is 0 Å². The molecule has 0 bridgehead atoms. The van der Waals surface area contributed by atoms with Gasteiger partial charge in [0.1, 0.15) is 0 Å². The molecule has 0 aromatic heterocycles. The average Bonchev–Trinajstić information content (AvgIpc) is 2.23. The highest BCUT2D eigenvalue weighted by Crippen LogP contribution is 2.15. The van der Waals surface area contributed by atoms with E-state index in [-0.39, 0.29) is 0 Å². The van der Waals surface area contributed by atoms with Crippen LogP contribution >= 0.6 is 0 Å². The fraction of sp³-hybridized carbons (Fsp3) is 1.00. The summed E-state index contributed by atoms with van der Waals surface area (Å²) in [6, 6.07) is 0. The van der Waals surface area contributed by atoms with Crippen molar-refractivity contribution in [2.75, 3.05) is 7.11 Å². The molecule has 1 aliphatic carbocycles. The fourth-order valence-corrected chi connectivity index (χ4v) is 0.884. The van der Waals surface area contributed by atoms with Crippen LogP contribution in [0.1, 0.15) is 32.1 Å². The third-order valence-corrected chi connectivity index (χ3v) is 1.25. The summed E-state index contributed by atoms with van der Waals surface area (Å²) in [6.45, 7) is 0. The Bertz CT molecular complexity index is 15.8. The minimum atomic E-state index is 0.750. The Balaban J connectivity index is 0.000000162. The second-order valence-electron chi connectivity index (χ2n) is 1.77. The molecule has 1 saturated carbocycles. The van der Waals surface area contributed by atoms with Gasteiger partial charge in [0.2, 0.25) is 0 Å². The van der Waals surface area contributed by atoms with Crippen molar-refractivity contribution in [3.8, 4) is 0 Å². The molecule has 0 aliphatic heterocycles. The predicted octanol–water partition coefficient (Wildman–Crippen LogP) is 2.00. The van der Waals surface area contributed by atoms with Crippen LogP contribution in [0.4, 0.5) is 0 Å². The quantitative estimate of drug-likeness (QED) is 0.444. The maximum atomic E-state index is 8.25. The van der Waals surface area contributed by atoms with Gasteiger partial charge < -0.3 is 0 Å². The molecule has 0 aromatic carbocycles. The molecule has 43 valence electrons. The van der Waals surface area contributed by atoms with E-state index < -0.39 is 0 Å². The Morgan fingerprint density at radius 1 is 0.714 bits per heavy atom. The zero-order valence-electron chi connectivity index (χ0n) is 4.94. The van der Waals surface area contributed by atoms with Crippen molar-refractivity contribution in [1.29, 1.82) is 0 Å². The lowest BCUT2D eigenvalue weighted by atomic mass is 10.4. The smallest absolute Gasteiger partial charge is 0.0712 e. The van der Waals surface area contributed by atoms with Gasteiger partial charge in [-0.15, -0.1) is 0 Å². The molecule has 1 fully saturated rings. The summed E-state index contributed by atoms with van der Waals surface area (Å²) in [4.78, 5) is 0. The fourth-order valence-electron chi connectivity index (χ4n) is 0.884. The summed E-state index contributed by atoms with van der Waals surface area (Å²) < 4.78 is 0. The van der Waals surface area contributed by atoms with Crippen molar-refractivity contribution in [3.05, 3.63) is 0 Å². The third kappa shape index (κ3) is 3.80. The number of hydrogen-bond donors (Lipinski definition) is 0. The van der Waals surface area contributed by atoms with Crippen LogP contribution in [0.15, 0.2) is 0 Å². The Morgan fingerprint density at radius 2 is 0.857 bits per heavy atom. The summed E-state index contributed by atoms with van der Waals surface area (Å²) in [5, 5.41) is 8.25. The van der Waals surface area contributed by atoms with E-state index in [1.54, 1.807) is 0 Å². The summed E-state index contributed by atoms with van der Waals surface area (Å²) in [7, 11) is 0.750. The van der Waals surface area contributed by atoms with Crippen LogP contribution in [0.5, 0.6) is 0 Å². The zero-order valence-corrected chi connectivity index (χ0v) is 4.94. The van der Waals surface area contributed by atoms with E-state index in [2.05, 4.69) is 0 Å². The number of rotatable bonds is 0. The van der Waals surface area contributed by atoms with Gasteiger partial charge in [0.25, 0.3) is 0 Å². The second-order valence-corrected chi connectivity index (χ2v) is 1.77. The molecule has 0 aromatic rings. The maximum absolute atomic E-state index is 8.25. The molecule has 0 saturated heterocycles. The van der Waals surface area contributed by atoms with Crippen molar-refractivity contribution in [2.45, 2.75) is 32.1 Å². The van der Waals surface area contributed by atoms with E-state index in [0.717, 1.165) is 7.11 Å². The van der Waals surface area contributed by atoms with Crippen molar-refractivity contribution in [2.24, 2.45) is 0 Å². The van der Waals surface area contributed by atoms with Crippen LogP contribution in [0.2, 0.25) is 0 Å². The summed E-state index contributed by atoms with van der Waals surface area (Å²) in [5.74, 6) is 0. The molecular formula is C6H13O. The SMILES string of the molecule is C1CCCC1.C[O]. The first-order chi connectivity index (χ1) is 3.50. The van der Waals surface area contributed by atoms with Crippen LogP contribution in [0.3, 0.4) is 0 Å². The molecule has 0 heterocycles. The van der Waals surface area contributed by atoms with Gasteiger partial charge >= 0.3 is 0 Å². The molecule has 0 spiro atoms. The molecular weight excluding hydrogens is 88.1 g/mol. The molecule has 0 atom stereocenters. The van der Waals surface area contributed by atoms with Crippen molar-refractivity contribution in [1.82, 2.24) is 0 Å². The second kappa shape index (κ2) is 5.96. The van der Waals surface area contributed by atoms with Gasteiger partial charge in [0.15, 0.2) is 0 Å². The Kier molecular flexibility index (Phi) is 5.93. The summed E-state index contributed by atoms with van der Waals surface area (Å²) in [6.07, 6.45) is 7.50. The van der Waals surface area contributed by atoms with E-state index in [1.807, 2.05) is 0 Å². The first kappa shape index (κ1) is 6.96. The third-order valence-electron chi connectivity index (χ3n) is 1.25. The van der Waals surface area contributed by atoms with Gasteiger partial charge in [0.05, 0.1) is 7.11 Å². The highest BCUT2D eigenvalue weighted by Gasteiger charge is 1.95. The van der Waals surface area contributed by atoms with Crippen molar-refractivity contribution in [3.63, 3.8) is 0 Å². The Morgan fingerprint density at radius 3 is 1.00 bits per heavy atom. The molecule has 1 rings (SSSR count). The molecule has 1 heteroatoms. The van der Waals surface area contributed by atoms with Gasteiger partial charge in [0, 0.05) is 0 Å². The summed E-state index contributed by atoms with van der Waals surface area (Å²) in [5.41, 5.74) is 0. The van der Waals surface area contributed by atoms with E-state index >= 15 is 0 Å². The minimum absolute atomic E-state index is 0.750. The molecule has 1 radical (unpaired) electrons. The molecule has 0 amide bonds. The highest BCUT2D eigenvalue weighted by atomic mass is 16.2. The van der Waals surface area contributed by atoms with Crippen LogP contribution in [0.25, 0.3) is 0 Å². The Hall–Kier alpha value is -0.0400. The van der Waals surface area contributed by atoms with Gasteiger partial charge in [-0.1, -0.05) is 32.1 Å². The summed E-state index contributed by atoms with van der Waals surface area (Å²) >= 11 is 0. The lowest BCUT2D eigenvalue weighted by molar-refractivity contribution is 0.282. The molecule has 0 N–H and O–H groups in total. The lowest BCUT2D eigenvalue weighted by Crippen LogP contribution is -1.47. The van der Waals surface area contributed by atoms with Crippen LogP contribution in [-0.2, 0) is 5.11 Å². The first-order valence-electron chi connectivity index (χ1n) is 2.91. The van der Waals surface area contributed by atoms with Gasteiger partial charge in [-0.3, -0.25) is 0 Å². The number of hydrogen-bond acceptors (Lipinski definition) is 0. The van der Waals surface area contributed by atoms with Crippen LogP contribution < -0.4 is 0 Å². The predicted molar refractivity (Wildman–Crippen MR) is 29.7 cm³/mol. The standard InChI is InChI=1S/C5H10.CH3O/c1-2-4-5-3-1;1-2/h1-5H2;1H3. The van der Waals surface area contributed by atoms with Gasteiger partial charge in [-0.25, -0.2) is 5.11 Å². The Labute approximate surface area is 45.4 Å². The van der Waals surface area contributed by atoms with E-state index in [4.69, 9.17) is 5.11 Å². The van der Waals surface area contributed by atoms with Crippen molar-refractivity contribution < 1.29 is 5.11 Å². The average molecular weight is 101 g/mol. The van der Waals surface area contributed by atoms with Crippen LogP contribution in [0, 0.1) is 0 Å². The molecule has 0 unspecified atom stereocenters. The van der Waals surface area contributed by atoms with Gasteiger partial charge in [-0.2, -0.15) is 0 Å². The largest absolute Gasteiger partial charge is 0.240 e. The van der Waals surface area contributed by atoms with Crippen molar-refractivity contribution >= 4 is 0 Å². The lowest BCUT2D eigenvalue weighted by Gasteiger charge is -1.67. The highest BCUT2D eigenvalue weighted by molar-refractivity contribution is 4.51. The van der Waals surface area contributed by atoms with Gasteiger partial charge in [-0.05, 0) is 0 Å². The van der Waals surface area contributed by atoms with E-state index in [0.29, 0.717) is 0 Å². The monoisotopic (exact) mass is 101 g/mol. The topological polar surface area (TPSA) is 19.9 Å². The van der Waals surface area contributed by atoms with E-state index in [1.165, 1.54) is 32.1 Å². The first-order valence-corrected chi connectivity index (χ1v) is 2.91. The zero-order chi connectivity index (χ0) is 5.54.